The number of aryl methyl sites for hydroxylation is 1. The fourth-order valence-electron chi connectivity index (χ4n) is 2.62. The number of halogens is 1. The third-order valence-electron chi connectivity index (χ3n) is 3.84. The molecule has 4 nitrogen and oxygen atoms in total. The minimum atomic E-state index is 0.103. The van der Waals surface area contributed by atoms with Crippen LogP contribution in [0.2, 0.25) is 5.15 Å². The average Bonchev–Trinajstić information content (AvgIpc) is 2.96. The van der Waals surface area contributed by atoms with Crippen molar-refractivity contribution in [3.8, 4) is 5.75 Å². The summed E-state index contributed by atoms with van der Waals surface area (Å²) in [5.74, 6) is 1.45. The first kappa shape index (κ1) is 14.1. The summed E-state index contributed by atoms with van der Waals surface area (Å²) in [6.07, 6.45) is 3.09. The van der Waals surface area contributed by atoms with Gasteiger partial charge in [-0.05, 0) is 43.9 Å². The summed E-state index contributed by atoms with van der Waals surface area (Å²) in [5, 5.41) is 3.90. The molecular formula is C16H18ClN3O. The molecule has 2 aromatic rings. The number of aromatic nitrogens is 2. The molecule has 1 unspecified atom stereocenters. The van der Waals surface area contributed by atoms with E-state index < -0.39 is 0 Å². The van der Waals surface area contributed by atoms with Crippen molar-refractivity contribution in [3.63, 3.8) is 0 Å². The minimum Gasteiger partial charge on any atom is -0.497 e. The molecule has 21 heavy (non-hydrogen) atoms. The van der Waals surface area contributed by atoms with Crippen molar-refractivity contribution in [3.05, 3.63) is 46.2 Å². The van der Waals surface area contributed by atoms with E-state index in [1.165, 1.54) is 0 Å². The summed E-state index contributed by atoms with van der Waals surface area (Å²) in [5.41, 5.74) is 3.34. The molecule has 0 saturated carbocycles. The molecule has 5 heteroatoms. The van der Waals surface area contributed by atoms with Gasteiger partial charge in [0.15, 0.2) is 0 Å². The maximum absolute atomic E-state index is 6.24. The van der Waals surface area contributed by atoms with Crippen molar-refractivity contribution in [1.29, 1.82) is 0 Å². The Morgan fingerprint density at radius 2 is 1.95 bits per heavy atom. The highest BCUT2D eigenvalue weighted by Gasteiger charge is 2.19. The van der Waals surface area contributed by atoms with E-state index in [0.717, 1.165) is 41.8 Å². The summed E-state index contributed by atoms with van der Waals surface area (Å²) >= 11 is 6.24. The molecule has 0 spiro atoms. The molecule has 0 bridgehead atoms. The lowest BCUT2D eigenvalue weighted by Crippen LogP contribution is -2.11. The summed E-state index contributed by atoms with van der Waals surface area (Å²) in [7, 11) is 1.66. The van der Waals surface area contributed by atoms with Gasteiger partial charge < -0.3 is 10.1 Å². The highest BCUT2D eigenvalue weighted by molar-refractivity contribution is 6.30. The number of benzene rings is 1. The van der Waals surface area contributed by atoms with E-state index in [1.54, 1.807) is 7.11 Å². The second-order valence-corrected chi connectivity index (χ2v) is 5.61. The molecule has 3 rings (SSSR count). The Bertz CT molecular complexity index is 643. The van der Waals surface area contributed by atoms with Gasteiger partial charge >= 0.3 is 0 Å². The van der Waals surface area contributed by atoms with Gasteiger partial charge in [-0.2, -0.15) is 0 Å². The largest absolute Gasteiger partial charge is 0.497 e. The molecule has 0 amide bonds. The molecule has 110 valence electrons. The number of hydrogen-bond donors (Lipinski definition) is 1. The quantitative estimate of drug-likeness (QED) is 0.873. The normalized spacial score (nSPS) is 14.6. The Morgan fingerprint density at radius 3 is 2.67 bits per heavy atom. The summed E-state index contributed by atoms with van der Waals surface area (Å²) in [6, 6.07) is 8.07. The fraction of sp³-hybridized carbons (Fsp3) is 0.375. The summed E-state index contributed by atoms with van der Waals surface area (Å²) < 4.78 is 5.17. The first-order chi connectivity index (χ1) is 10.2. The van der Waals surface area contributed by atoms with Crippen molar-refractivity contribution in [2.24, 2.45) is 0 Å². The third-order valence-corrected chi connectivity index (χ3v) is 4.16. The van der Waals surface area contributed by atoms with Crippen LogP contribution in [0.1, 0.15) is 36.2 Å². The Labute approximate surface area is 129 Å². The van der Waals surface area contributed by atoms with Crippen molar-refractivity contribution in [2.75, 3.05) is 12.4 Å². The minimum absolute atomic E-state index is 0.103. The van der Waals surface area contributed by atoms with Gasteiger partial charge in [0.2, 0.25) is 5.95 Å². The van der Waals surface area contributed by atoms with Crippen LogP contribution in [0.3, 0.4) is 0 Å². The second-order valence-electron chi connectivity index (χ2n) is 5.26. The molecule has 1 heterocycles. The fourth-order valence-corrected chi connectivity index (χ4v) is 2.90. The summed E-state index contributed by atoms with van der Waals surface area (Å²) in [6.45, 7) is 2.08. The highest BCUT2D eigenvalue weighted by Crippen LogP contribution is 2.28. The van der Waals surface area contributed by atoms with E-state index in [0.29, 0.717) is 11.1 Å². The number of rotatable bonds is 4. The topological polar surface area (TPSA) is 47.0 Å². The lowest BCUT2D eigenvalue weighted by atomic mass is 10.1. The number of nitrogens with one attached hydrogen (secondary N) is 1. The van der Waals surface area contributed by atoms with Crippen molar-refractivity contribution < 1.29 is 4.74 Å². The maximum atomic E-state index is 6.24. The Kier molecular flexibility index (Phi) is 3.97. The Hall–Kier alpha value is -1.81. The Morgan fingerprint density at radius 1 is 1.19 bits per heavy atom. The second kappa shape index (κ2) is 5.90. The number of hydrogen-bond acceptors (Lipinski definition) is 4. The molecule has 0 saturated heterocycles. The average molecular weight is 304 g/mol. The van der Waals surface area contributed by atoms with E-state index in [9.17, 15) is 0 Å². The standard InChI is InChI=1S/C16H18ClN3O/c1-10(11-6-8-12(21-2)9-7-11)18-16-19-14-5-3-4-13(14)15(17)20-16/h6-10H,3-5H2,1-2H3,(H,18,19,20). The number of ether oxygens (including phenoxy) is 1. The molecule has 0 radical (unpaired) electrons. The predicted molar refractivity (Wildman–Crippen MR) is 84.1 cm³/mol. The van der Waals surface area contributed by atoms with Crippen LogP contribution in [-0.4, -0.2) is 17.1 Å². The zero-order valence-electron chi connectivity index (χ0n) is 12.2. The van der Waals surface area contributed by atoms with Crippen molar-refractivity contribution in [1.82, 2.24) is 9.97 Å². The van der Waals surface area contributed by atoms with Gasteiger partial charge in [-0.15, -0.1) is 0 Å². The van der Waals surface area contributed by atoms with Gasteiger partial charge in [0.25, 0.3) is 0 Å². The lowest BCUT2D eigenvalue weighted by molar-refractivity contribution is 0.414. The van der Waals surface area contributed by atoms with Crippen LogP contribution in [0.25, 0.3) is 0 Å². The first-order valence-electron chi connectivity index (χ1n) is 7.13. The van der Waals surface area contributed by atoms with E-state index in [-0.39, 0.29) is 6.04 Å². The third kappa shape index (κ3) is 2.95. The van der Waals surface area contributed by atoms with Crippen LogP contribution in [0.4, 0.5) is 5.95 Å². The molecule has 1 aromatic heterocycles. The zero-order valence-corrected chi connectivity index (χ0v) is 12.9. The molecular weight excluding hydrogens is 286 g/mol. The predicted octanol–water partition coefficient (Wildman–Crippen LogP) is 3.80. The highest BCUT2D eigenvalue weighted by atomic mass is 35.5. The van der Waals surface area contributed by atoms with Gasteiger partial charge in [0.05, 0.1) is 18.8 Å². The van der Waals surface area contributed by atoms with Crippen LogP contribution >= 0.6 is 11.6 Å². The number of anilines is 1. The van der Waals surface area contributed by atoms with E-state index >= 15 is 0 Å². The van der Waals surface area contributed by atoms with Gasteiger partial charge in [0, 0.05) is 5.56 Å². The van der Waals surface area contributed by atoms with Crippen LogP contribution in [0.15, 0.2) is 24.3 Å². The molecule has 1 aliphatic rings. The monoisotopic (exact) mass is 303 g/mol. The van der Waals surface area contributed by atoms with E-state index in [1.807, 2.05) is 24.3 Å². The van der Waals surface area contributed by atoms with Gasteiger partial charge in [-0.1, -0.05) is 23.7 Å². The molecule has 0 aliphatic heterocycles. The van der Waals surface area contributed by atoms with Crippen LogP contribution in [-0.2, 0) is 12.8 Å². The van der Waals surface area contributed by atoms with Crippen LogP contribution in [0, 0.1) is 0 Å². The van der Waals surface area contributed by atoms with Crippen molar-refractivity contribution >= 4 is 17.5 Å². The van der Waals surface area contributed by atoms with Gasteiger partial charge in [0.1, 0.15) is 10.9 Å². The number of methoxy groups -OCH3 is 1. The number of fused-ring (bicyclic) bond motifs is 1. The molecule has 0 fully saturated rings. The lowest BCUT2D eigenvalue weighted by Gasteiger charge is -2.15. The van der Waals surface area contributed by atoms with Gasteiger partial charge in [-0.3, -0.25) is 0 Å². The van der Waals surface area contributed by atoms with Crippen LogP contribution in [0.5, 0.6) is 5.75 Å². The van der Waals surface area contributed by atoms with Gasteiger partial charge in [-0.25, -0.2) is 9.97 Å². The SMILES string of the molecule is COc1ccc(C(C)Nc2nc(Cl)c3c(n2)CCC3)cc1. The smallest absolute Gasteiger partial charge is 0.224 e. The first-order valence-corrected chi connectivity index (χ1v) is 7.51. The molecule has 1 atom stereocenters. The maximum Gasteiger partial charge on any atom is 0.224 e. The Balaban J connectivity index is 1.78. The van der Waals surface area contributed by atoms with Crippen LogP contribution < -0.4 is 10.1 Å². The van der Waals surface area contributed by atoms with E-state index in [2.05, 4.69) is 22.2 Å². The number of nitrogens with zero attached hydrogens (tertiary/aromatic N) is 2. The molecule has 1 N–H and O–H groups in total. The molecule has 1 aliphatic carbocycles. The molecule has 1 aromatic carbocycles. The van der Waals surface area contributed by atoms with E-state index in [4.69, 9.17) is 16.3 Å². The summed E-state index contributed by atoms with van der Waals surface area (Å²) in [4.78, 5) is 8.94. The zero-order chi connectivity index (χ0) is 14.8. The van der Waals surface area contributed by atoms with Crippen molar-refractivity contribution in [2.45, 2.75) is 32.2 Å².